The van der Waals surface area contributed by atoms with Gasteiger partial charge in [-0.1, -0.05) is 62.2 Å². The Kier molecular flexibility index (Phi) is 7.15. The lowest BCUT2D eigenvalue weighted by Crippen LogP contribution is -2.49. The van der Waals surface area contributed by atoms with Crippen LogP contribution in [-0.4, -0.2) is 35.0 Å². The van der Waals surface area contributed by atoms with E-state index in [1.807, 2.05) is 20.8 Å². The molecule has 1 spiro atoms. The van der Waals surface area contributed by atoms with E-state index in [0.29, 0.717) is 28.4 Å². The third-order valence-electron chi connectivity index (χ3n) is 7.62. The summed E-state index contributed by atoms with van der Waals surface area (Å²) in [5, 5.41) is 18.7. The van der Waals surface area contributed by atoms with Crippen molar-refractivity contribution in [2.75, 3.05) is 10.6 Å². The minimum absolute atomic E-state index is 0.0676. The molecule has 7 nitrogen and oxygen atoms in total. The first kappa shape index (κ1) is 28.1. The number of fused-ring (bicyclic) bond motifs is 2. The molecule has 1 fully saturated rings. The molecule has 2 aliphatic rings. The number of rotatable bonds is 5. The van der Waals surface area contributed by atoms with Gasteiger partial charge in [-0.25, -0.2) is 9.18 Å². The molecule has 1 saturated heterocycles. The molecule has 40 heavy (non-hydrogen) atoms. The lowest BCUT2D eigenvalue weighted by Gasteiger charge is -2.37. The molecule has 0 bridgehead atoms. The van der Waals surface area contributed by atoms with Gasteiger partial charge in [-0.2, -0.15) is 0 Å². The van der Waals surface area contributed by atoms with Gasteiger partial charge >= 0.3 is 5.97 Å². The molecule has 5 rings (SSSR count). The summed E-state index contributed by atoms with van der Waals surface area (Å²) < 4.78 is 15.8. The molecular weight excluding hydrogens is 556 g/mol. The van der Waals surface area contributed by atoms with Crippen LogP contribution in [0.4, 0.5) is 15.8 Å². The van der Waals surface area contributed by atoms with Crippen molar-refractivity contribution in [1.29, 1.82) is 0 Å². The minimum atomic E-state index is -1.37. The van der Waals surface area contributed by atoms with Crippen molar-refractivity contribution in [2.24, 2.45) is 5.41 Å². The van der Waals surface area contributed by atoms with Crippen LogP contribution >= 0.6 is 23.2 Å². The van der Waals surface area contributed by atoms with Crippen molar-refractivity contribution in [1.82, 2.24) is 5.32 Å². The van der Waals surface area contributed by atoms with Gasteiger partial charge in [0.15, 0.2) is 0 Å². The maximum atomic E-state index is 15.8. The highest BCUT2D eigenvalue weighted by Gasteiger charge is 2.66. The molecule has 10 heteroatoms. The van der Waals surface area contributed by atoms with Crippen LogP contribution in [0.1, 0.15) is 54.6 Å². The Hall–Kier alpha value is -3.46. The van der Waals surface area contributed by atoms with Crippen LogP contribution in [0.5, 0.6) is 0 Å². The fraction of sp³-hybridized carbons (Fsp3) is 0.300. The molecular formula is C30H28Cl2FN3O4. The van der Waals surface area contributed by atoms with Gasteiger partial charge in [0, 0.05) is 28.4 Å². The number of hydrogen-bond donors (Lipinski definition) is 4. The van der Waals surface area contributed by atoms with Crippen molar-refractivity contribution >= 4 is 52.4 Å². The number of hydrogen-bond acceptors (Lipinski definition) is 4. The highest BCUT2D eigenvalue weighted by molar-refractivity contribution is 6.31. The third-order valence-corrected chi connectivity index (χ3v) is 8.15. The van der Waals surface area contributed by atoms with Crippen molar-refractivity contribution < 1.29 is 23.9 Å². The average Bonchev–Trinajstić information content (AvgIpc) is 3.35. The second-order valence-electron chi connectivity index (χ2n) is 11.5. The first-order valence-corrected chi connectivity index (χ1v) is 13.5. The monoisotopic (exact) mass is 583 g/mol. The van der Waals surface area contributed by atoms with Crippen LogP contribution in [0.3, 0.4) is 0 Å². The number of carboxylic acid groups (broad SMARTS) is 1. The number of benzene rings is 3. The molecule has 2 heterocycles. The van der Waals surface area contributed by atoms with E-state index in [2.05, 4.69) is 16.0 Å². The summed E-state index contributed by atoms with van der Waals surface area (Å²) in [4.78, 5) is 39.3. The van der Waals surface area contributed by atoms with Gasteiger partial charge in [-0.3, -0.25) is 9.59 Å². The summed E-state index contributed by atoms with van der Waals surface area (Å²) in [7, 11) is 0. The number of nitrogens with one attached hydrogen (secondary N) is 3. The summed E-state index contributed by atoms with van der Waals surface area (Å²) >= 11 is 12.5. The van der Waals surface area contributed by atoms with Crippen LogP contribution in [-0.2, 0) is 15.0 Å². The number of carboxylic acids is 1. The maximum Gasteiger partial charge on any atom is 0.335 e. The second kappa shape index (κ2) is 10.2. The first-order chi connectivity index (χ1) is 18.8. The standard InChI is InChI=1S/C30H28Cl2FN3O4/c1-29(2,3)14-22-30(19-12-9-16(31)13-21(19)35-28(30)40)23(18-5-4-6-20(32)24(18)33)25(36-22)26(37)34-17-10-7-15(8-11-17)27(38)39/h4-13,22-23,25,36H,14H2,1-3H3,(H,34,37)(H,35,40)(H,38,39)/t22-,23-,25+,30?/m0/s1. The number of carbonyl (C=O) groups excluding carboxylic acids is 2. The van der Waals surface area contributed by atoms with E-state index in [9.17, 15) is 19.5 Å². The predicted octanol–water partition coefficient (Wildman–Crippen LogP) is 6.22. The van der Waals surface area contributed by atoms with Gasteiger partial charge in [0.05, 0.1) is 16.6 Å². The molecule has 2 aliphatic heterocycles. The normalized spacial score (nSPS) is 23.6. The SMILES string of the molecule is CC(C)(C)C[C@@H]1N[C@@H](C(=O)Nc2ccc(C(=O)O)cc2)[C@H](c2cccc(Cl)c2F)C12C(=O)Nc1cc(Cl)ccc12. The van der Waals surface area contributed by atoms with Gasteiger partial charge in [0.2, 0.25) is 11.8 Å². The van der Waals surface area contributed by atoms with E-state index in [4.69, 9.17) is 23.2 Å². The average molecular weight is 584 g/mol. The number of anilines is 2. The van der Waals surface area contributed by atoms with Gasteiger partial charge in [0.25, 0.3) is 0 Å². The highest BCUT2D eigenvalue weighted by atomic mass is 35.5. The van der Waals surface area contributed by atoms with E-state index in [0.717, 1.165) is 0 Å². The zero-order valence-corrected chi connectivity index (χ0v) is 23.5. The Morgan fingerprint density at radius 1 is 1.07 bits per heavy atom. The molecule has 1 unspecified atom stereocenters. The molecule has 0 aromatic heterocycles. The Morgan fingerprint density at radius 3 is 2.42 bits per heavy atom. The number of amides is 2. The summed E-state index contributed by atoms with van der Waals surface area (Å²) in [5.41, 5.74) is 0.0565. The summed E-state index contributed by atoms with van der Waals surface area (Å²) in [5.74, 6) is -3.65. The molecule has 208 valence electrons. The van der Waals surface area contributed by atoms with E-state index >= 15 is 4.39 Å². The molecule has 0 aliphatic carbocycles. The van der Waals surface area contributed by atoms with Gasteiger partial charge in [-0.05, 0) is 65.4 Å². The van der Waals surface area contributed by atoms with Gasteiger partial charge in [-0.15, -0.1) is 0 Å². The number of carbonyl (C=O) groups is 3. The number of halogens is 3. The van der Waals surface area contributed by atoms with Crippen molar-refractivity contribution in [2.45, 2.75) is 50.6 Å². The van der Waals surface area contributed by atoms with E-state index < -0.39 is 41.1 Å². The largest absolute Gasteiger partial charge is 0.478 e. The molecule has 0 radical (unpaired) electrons. The smallest absolute Gasteiger partial charge is 0.335 e. The van der Waals surface area contributed by atoms with Crippen molar-refractivity contribution in [3.8, 4) is 0 Å². The van der Waals surface area contributed by atoms with Crippen LogP contribution in [0.15, 0.2) is 60.7 Å². The fourth-order valence-electron chi connectivity index (χ4n) is 6.07. The lowest BCUT2D eigenvalue weighted by atomic mass is 9.62. The predicted molar refractivity (Wildman–Crippen MR) is 153 cm³/mol. The molecule has 4 atom stereocenters. The minimum Gasteiger partial charge on any atom is -0.478 e. The molecule has 3 aromatic rings. The Balaban J connectivity index is 1.69. The van der Waals surface area contributed by atoms with Crippen molar-refractivity contribution in [3.63, 3.8) is 0 Å². The topological polar surface area (TPSA) is 108 Å². The zero-order valence-electron chi connectivity index (χ0n) is 22.0. The van der Waals surface area contributed by atoms with Crippen LogP contribution in [0.25, 0.3) is 0 Å². The maximum absolute atomic E-state index is 15.8. The number of aromatic carboxylic acids is 1. The molecule has 4 N–H and O–H groups in total. The van der Waals surface area contributed by atoms with E-state index in [-0.39, 0.29) is 27.5 Å². The van der Waals surface area contributed by atoms with E-state index in [1.165, 1.54) is 30.3 Å². The quantitative estimate of drug-likeness (QED) is 0.285. The van der Waals surface area contributed by atoms with Crippen molar-refractivity contribution in [3.05, 3.63) is 93.2 Å². The Labute approximate surface area is 241 Å². The molecule has 3 aromatic carbocycles. The van der Waals surface area contributed by atoms with Gasteiger partial charge in [0.1, 0.15) is 11.2 Å². The summed E-state index contributed by atoms with van der Waals surface area (Å²) in [6.07, 6.45) is 0.484. The van der Waals surface area contributed by atoms with Crippen LogP contribution in [0.2, 0.25) is 10.0 Å². The Morgan fingerprint density at radius 2 is 1.77 bits per heavy atom. The summed E-state index contributed by atoms with van der Waals surface area (Å²) in [6.45, 7) is 6.10. The zero-order chi connectivity index (χ0) is 29.0. The second-order valence-corrected chi connectivity index (χ2v) is 12.3. The molecule has 0 saturated carbocycles. The van der Waals surface area contributed by atoms with Gasteiger partial charge < -0.3 is 21.1 Å². The fourth-order valence-corrected chi connectivity index (χ4v) is 6.42. The van der Waals surface area contributed by atoms with Crippen LogP contribution in [0, 0.1) is 11.2 Å². The first-order valence-electron chi connectivity index (χ1n) is 12.8. The lowest BCUT2D eigenvalue weighted by molar-refractivity contribution is -0.122. The highest BCUT2D eigenvalue weighted by Crippen LogP contribution is 2.57. The van der Waals surface area contributed by atoms with Crippen LogP contribution < -0.4 is 16.0 Å². The third kappa shape index (κ3) is 4.74. The molecule has 2 amide bonds. The van der Waals surface area contributed by atoms with E-state index in [1.54, 1.807) is 30.3 Å². The summed E-state index contributed by atoms with van der Waals surface area (Å²) in [6, 6.07) is 13.8. The Bertz CT molecular complexity index is 1520.